The summed E-state index contributed by atoms with van der Waals surface area (Å²) in [6, 6.07) is -0.104. The van der Waals surface area contributed by atoms with Gasteiger partial charge in [0.25, 0.3) is 0 Å². The number of aliphatic carboxylic acids is 1. The van der Waals surface area contributed by atoms with Gasteiger partial charge in [-0.25, -0.2) is 8.42 Å². The Hall–Kier alpha value is -1.87. The van der Waals surface area contributed by atoms with Crippen LogP contribution in [0.1, 0.15) is 12.8 Å². The fraction of sp³-hybridized carbons (Fsp3) is 0.333. The minimum Gasteiger partial charge on any atom is -0.480 e. The maximum Gasteiger partial charge on any atom is 0.321 e. The number of carbonyl (C=O) groups is 2. The maximum atomic E-state index is 11.7. The molecule has 0 fully saturated rings. The van der Waals surface area contributed by atoms with Gasteiger partial charge < -0.3 is 15.8 Å². The van der Waals surface area contributed by atoms with Gasteiger partial charge in [0.1, 0.15) is 6.04 Å². The van der Waals surface area contributed by atoms with Gasteiger partial charge in [-0.2, -0.15) is 4.72 Å². The number of carbonyl (C=O) groups excluding carboxylic acids is 1. The number of rotatable bonds is 7. The van der Waals surface area contributed by atoms with Gasteiger partial charge in [0, 0.05) is 18.8 Å². The number of sulfonamides is 1. The summed E-state index contributed by atoms with van der Waals surface area (Å²) in [7, 11) is -3.92. The first kappa shape index (κ1) is 14.2. The lowest BCUT2D eigenvalue weighted by molar-refractivity contribution is -0.139. The Balaban J connectivity index is 2.78. The molecule has 0 aromatic carbocycles. The van der Waals surface area contributed by atoms with E-state index in [-0.39, 0.29) is 17.7 Å². The van der Waals surface area contributed by atoms with Gasteiger partial charge in [-0.05, 0) is 12.5 Å². The molecule has 0 aliphatic carbocycles. The van der Waals surface area contributed by atoms with Crippen LogP contribution in [0, 0.1) is 0 Å². The number of primary amides is 1. The Morgan fingerprint density at radius 3 is 2.61 bits per heavy atom. The van der Waals surface area contributed by atoms with Crippen LogP contribution < -0.4 is 10.5 Å². The lowest BCUT2D eigenvalue weighted by atomic mass is 10.2. The molecular weight excluding hydrogens is 262 g/mol. The molecule has 18 heavy (non-hydrogen) atoms. The average molecular weight is 275 g/mol. The van der Waals surface area contributed by atoms with E-state index in [4.69, 9.17) is 10.8 Å². The van der Waals surface area contributed by atoms with Crippen LogP contribution in [0.25, 0.3) is 0 Å². The third-order valence-corrected chi connectivity index (χ3v) is 3.62. The quantitative estimate of drug-likeness (QED) is 0.505. The number of carboxylic acid groups (broad SMARTS) is 1. The van der Waals surface area contributed by atoms with Gasteiger partial charge >= 0.3 is 5.97 Å². The summed E-state index contributed by atoms with van der Waals surface area (Å²) in [6.07, 6.45) is 2.20. The molecule has 1 rings (SSSR count). The van der Waals surface area contributed by atoms with Gasteiger partial charge in [0.15, 0.2) is 0 Å². The Labute approximate surface area is 103 Å². The molecule has 0 aliphatic heterocycles. The predicted molar refractivity (Wildman–Crippen MR) is 61.0 cm³/mol. The molecule has 0 saturated carbocycles. The first-order valence-electron chi connectivity index (χ1n) is 4.99. The van der Waals surface area contributed by atoms with Crippen molar-refractivity contribution < 1.29 is 23.1 Å². The van der Waals surface area contributed by atoms with Gasteiger partial charge in [-0.3, -0.25) is 9.59 Å². The Bertz CT molecular complexity index is 522. The molecule has 100 valence electrons. The van der Waals surface area contributed by atoms with Gasteiger partial charge in [-0.15, -0.1) is 0 Å². The number of aromatic amines is 1. The minimum atomic E-state index is -3.92. The van der Waals surface area contributed by atoms with Crippen molar-refractivity contribution in [2.75, 3.05) is 0 Å². The van der Waals surface area contributed by atoms with Gasteiger partial charge in [-0.1, -0.05) is 0 Å². The second-order valence-corrected chi connectivity index (χ2v) is 5.28. The van der Waals surface area contributed by atoms with Crippen LogP contribution in [0.3, 0.4) is 0 Å². The van der Waals surface area contributed by atoms with Gasteiger partial charge in [0.05, 0.1) is 4.90 Å². The molecule has 1 heterocycles. The molecule has 1 aromatic rings. The SMILES string of the molecule is NC(=O)CCC(NS(=O)(=O)c1cc[nH]c1)C(=O)O. The summed E-state index contributed by atoms with van der Waals surface area (Å²) in [6.45, 7) is 0. The van der Waals surface area contributed by atoms with Crippen LogP contribution in [0.5, 0.6) is 0 Å². The average Bonchev–Trinajstić information content (AvgIpc) is 2.77. The van der Waals surface area contributed by atoms with E-state index in [1.165, 1.54) is 18.5 Å². The summed E-state index contributed by atoms with van der Waals surface area (Å²) >= 11 is 0. The molecule has 1 aromatic heterocycles. The van der Waals surface area contributed by atoms with E-state index in [9.17, 15) is 18.0 Å². The highest BCUT2D eigenvalue weighted by Crippen LogP contribution is 2.09. The maximum absolute atomic E-state index is 11.7. The molecule has 0 radical (unpaired) electrons. The number of H-pyrrole nitrogens is 1. The largest absolute Gasteiger partial charge is 0.480 e. The molecule has 0 bridgehead atoms. The number of hydrogen-bond donors (Lipinski definition) is 4. The fourth-order valence-corrected chi connectivity index (χ4v) is 2.45. The Morgan fingerprint density at radius 2 is 2.17 bits per heavy atom. The summed E-state index contributed by atoms with van der Waals surface area (Å²) in [4.78, 5) is 23.9. The van der Waals surface area contributed by atoms with Crippen LogP contribution in [-0.2, 0) is 19.6 Å². The second kappa shape index (κ2) is 5.65. The summed E-state index contributed by atoms with van der Waals surface area (Å²) in [5.41, 5.74) is 4.89. The summed E-state index contributed by atoms with van der Waals surface area (Å²) in [5, 5.41) is 8.86. The first-order valence-corrected chi connectivity index (χ1v) is 6.47. The zero-order chi connectivity index (χ0) is 13.8. The highest BCUT2D eigenvalue weighted by Gasteiger charge is 2.25. The highest BCUT2D eigenvalue weighted by atomic mass is 32.2. The molecule has 8 nitrogen and oxygen atoms in total. The lowest BCUT2D eigenvalue weighted by Crippen LogP contribution is -2.41. The second-order valence-electron chi connectivity index (χ2n) is 3.56. The third-order valence-electron chi connectivity index (χ3n) is 2.15. The number of aromatic nitrogens is 1. The number of amides is 1. The van der Waals surface area contributed by atoms with E-state index in [0.29, 0.717) is 0 Å². The molecule has 1 atom stereocenters. The molecule has 1 amide bonds. The number of nitrogens with one attached hydrogen (secondary N) is 2. The fourth-order valence-electron chi connectivity index (χ4n) is 1.25. The third kappa shape index (κ3) is 3.86. The number of carboxylic acids is 1. The van der Waals surface area contributed by atoms with Gasteiger partial charge in [0.2, 0.25) is 15.9 Å². The molecule has 9 heteroatoms. The van der Waals surface area contributed by atoms with Crippen molar-refractivity contribution in [2.24, 2.45) is 5.73 Å². The summed E-state index contributed by atoms with van der Waals surface area (Å²) < 4.78 is 25.5. The normalized spacial score (nSPS) is 13.1. The van der Waals surface area contributed by atoms with Crippen molar-refractivity contribution in [3.63, 3.8) is 0 Å². The van der Waals surface area contributed by atoms with Crippen molar-refractivity contribution in [1.82, 2.24) is 9.71 Å². The van der Waals surface area contributed by atoms with Crippen molar-refractivity contribution in [3.8, 4) is 0 Å². The zero-order valence-electron chi connectivity index (χ0n) is 9.29. The number of hydrogen-bond acceptors (Lipinski definition) is 4. The van der Waals surface area contributed by atoms with Crippen molar-refractivity contribution in [3.05, 3.63) is 18.5 Å². The van der Waals surface area contributed by atoms with E-state index >= 15 is 0 Å². The van der Waals surface area contributed by atoms with Crippen LogP contribution in [0.4, 0.5) is 0 Å². The van der Waals surface area contributed by atoms with E-state index in [1.807, 2.05) is 4.72 Å². The zero-order valence-corrected chi connectivity index (χ0v) is 10.1. The minimum absolute atomic E-state index is 0.0761. The highest BCUT2D eigenvalue weighted by molar-refractivity contribution is 7.89. The summed E-state index contributed by atoms with van der Waals surface area (Å²) in [5.74, 6) is -2.06. The molecule has 0 saturated heterocycles. The molecular formula is C9H13N3O5S. The van der Waals surface area contributed by atoms with Crippen LogP contribution in [-0.4, -0.2) is 36.4 Å². The molecule has 1 unspecified atom stereocenters. The van der Waals surface area contributed by atoms with Crippen molar-refractivity contribution in [2.45, 2.75) is 23.8 Å². The van der Waals surface area contributed by atoms with E-state index in [0.717, 1.165) is 0 Å². The van der Waals surface area contributed by atoms with Crippen LogP contribution in [0.2, 0.25) is 0 Å². The van der Waals surface area contributed by atoms with E-state index in [1.54, 1.807) is 0 Å². The van der Waals surface area contributed by atoms with Crippen LogP contribution in [0.15, 0.2) is 23.4 Å². The Morgan fingerprint density at radius 1 is 1.50 bits per heavy atom. The smallest absolute Gasteiger partial charge is 0.321 e. The predicted octanol–water partition coefficient (Wildman–Crippen LogP) is -0.988. The van der Waals surface area contributed by atoms with Crippen LogP contribution >= 0.6 is 0 Å². The number of nitrogens with two attached hydrogens (primary N) is 1. The van der Waals surface area contributed by atoms with Crippen molar-refractivity contribution >= 4 is 21.9 Å². The molecule has 5 N–H and O–H groups in total. The van der Waals surface area contributed by atoms with E-state index < -0.39 is 27.9 Å². The Kier molecular flexibility index (Phi) is 4.45. The molecule has 0 aliphatic rings. The lowest BCUT2D eigenvalue weighted by Gasteiger charge is -2.13. The monoisotopic (exact) mass is 275 g/mol. The van der Waals surface area contributed by atoms with Crippen molar-refractivity contribution in [1.29, 1.82) is 0 Å². The van der Waals surface area contributed by atoms with E-state index in [2.05, 4.69) is 4.98 Å². The standard InChI is InChI=1S/C9H13N3O5S/c10-8(13)2-1-7(9(14)15)12-18(16,17)6-3-4-11-5-6/h3-5,7,11-12H,1-2H2,(H2,10,13)(H,14,15). The topological polar surface area (TPSA) is 142 Å². The first-order chi connectivity index (χ1) is 8.33. The molecule has 0 spiro atoms.